The SMILES string of the molecule is CN(C[C@H](O)[C@H](O)[C@H](O)CO)c1[nH]c(=O)[nH]c(=O)c1N. The lowest BCUT2D eigenvalue weighted by atomic mass is 10.1. The second-order valence-corrected chi connectivity index (χ2v) is 4.36. The summed E-state index contributed by atoms with van der Waals surface area (Å²) in [5.41, 5.74) is 3.70. The Balaban J connectivity index is 2.89. The molecule has 0 aliphatic carbocycles. The van der Waals surface area contributed by atoms with Gasteiger partial charge in [-0.2, -0.15) is 0 Å². The highest BCUT2D eigenvalue weighted by molar-refractivity contribution is 5.60. The third kappa shape index (κ3) is 3.57. The summed E-state index contributed by atoms with van der Waals surface area (Å²) in [5.74, 6) is -0.0245. The number of hydrogen-bond donors (Lipinski definition) is 7. The second kappa shape index (κ2) is 6.52. The first-order chi connectivity index (χ1) is 9.27. The Morgan fingerprint density at radius 3 is 2.35 bits per heavy atom. The zero-order valence-corrected chi connectivity index (χ0v) is 10.8. The summed E-state index contributed by atoms with van der Waals surface area (Å²) in [7, 11) is 1.42. The van der Waals surface area contributed by atoms with Crippen LogP contribution in [-0.2, 0) is 0 Å². The Morgan fingerprint density at radius 2 is 1.80 bits per heavy atom. The van der Waals surface area contributed by atoms with Gasteiger partial charge in [-0.15, -0.1) is 0 Å². The molecule has 0 spiro atoms. The Hall–Kier alpha value is -1.88. The maximum Gasteiger partial charge on any atom is 0.327 e. The van der Waals surface area contributed by atoms with Crippen molar-refractivity contribution in [3.8, 4) is 0 Å². The molecule has 10 nitrogen and oxygen atoms in total. The van der Waals surface area contributed by atoms with Gasteiger partial charge >= 0.3 is 5.69 Å². The first-order valence-corrected chi connectivity index (χ1v) is 5.76. The summed E-state index contributed by atoms with van der Waals surface area (Å²) < 4.78 is 0. The highest BCUT2D eigenvalue weighted by Gasteiger charge is 2.26. The van der Waals surface area contributed by atoms with E-state index in [1.165, 1.54) is 11.9 Å². The first-order valence-electron chi connectivity index (χ1n) is 5.76. The molecule has 0 saturated heterocycles. The molecule has 0 saturated carbocycles. The number of likely N-dealkylation sites (N-methyl/N-ethyl adjacent to an activating group) is 1. The summed E-state index contributed by atoms with van der Waals surface area (Å²) in [5, 5.41) is 37.1. The number of aliphatic hydroxyl groups is 4. The van der Waals surface area contributed by atoms with Gasteiger partial charge in [-0.1, -0.05) is 0 Å². The average molecular weight is 290 g/mol. The van der Waals surface area contributed by atoms with Gasteiger partial charge in [0.25, 0.3) is 5.56 Å². The standard InChI is InChI=1S/C10H18N4O6/c1-14(2-4(16)7(18)5(17)3-15)8-6(11)9(19)13-10(20)12-8/h4-5,7,15-18H,2-3,11H2,1H3,(H2,12,13,19,20)/t4-,5+,7-/m0/s1. The van der Waals surface area contributed by atoms with Crippen molar-refractivity contribution in [3.05, 3.63) is 20.8 Å². The number of nitrogens with two attached hydrogens (primary N) is 1. The van der Waals surface area contributed by atoms with Crippen molar-refractivity contribution in [1.29, 1.82) is 0 Å². The molecular weight excluding hydrogens is 272 g/mol. The molecule has 20 heavy (non-hydrogen) atoms. The third-order valence-electron chi connectivity index (χ3n) is 2.78. The Labute approximate surface area is 113 Å². The fraction of sp³-hybridized carbons (Fsp3) is 0.600. The van der Waals surface area contributed by atoms with Crippen LogP contribution in [0, 0.1) is 0 Å². The molecule has 1 heterocycles. The van der Waals surface area contributed by atoms with Crippen molar-refractivity contribution in [2.45, 2.75) is 18.3 Å². The van der Waals surface area contributed by atoms with E-state index in [1.54, 1.807) is 0 Å². The smallest absolute Gasteiger partial charge is 0.327 e. The molecule has 1 aromatic rings. The van der Waals surface area contributed by atoms with Crippen LogP contribution in [0.15, 0.2) is 9.59 Å². The number of aromatic nitrogens is 2. The van der Waals surface area contributed by atoms with Crippen molar-refractivity contribution >= 4 is 11.5 Å². The zero-order chi connectivity index (χ0) is 15.4. The molecule has 1 aromatic heterocycles. The molecule has 8 N–H and O–H groups in total. The second-order valence-electron chi connectivity index (χ2n) is 4.36. The first kappa shape index (κ1) is 16.2. The number of hydrogen-bond acceptors (Lipinski definition) is 8. The molecule has 1 rings (SSSR count). The van der Waals surface area contributed by atoms with Crippen molar-refractivity contribution in [2.24, 2.45) is 0 Å². The number of aromatic amines is 2. The van der Waals surface area contributed by atoms with E-state index in [4.69, 9.17) is 10.8 Å². The Morgan fingerprint density at radius 1 is 1.20 bits per heavy atom. The van der Waals surface area contributed by atoms with Crippen LogP contribution in [0.3, 0.4) is 0 Å². The van der Waals surface area contributed by atoms with Crippen LogP contribution >= 0.6 is 0 Å². The van der Waals surface area contributed by atoms with E-state index in [0.717, 1.165) is 0 Å². The van der Waals surface area contributed by atoms with Crippen LogP contribution in [0.1, 0.15) is 0 Å². The van der Waals surface area contributed by atoms with Crippen LogP contribution in [0.4, 0.5) is 11.5 Å². The summed E-state index contributed by atoms with van der Waals surface area (Å²) in [6.07, 6.45) is -4.52. The van der Waals surface area contributed by atoms with E-state index in [2.05, 4.69) is 4.98 Å². The number of nitrogens with zero attached hydrogens (tertiary/aromatic N) is 1. The lowest BCUT2D eigenvalue weighted by molar-refractivity contribution is -0.0729. The number of aliphatic hydroxyl groups excluding tert-OH is 4. The molecule has 0 amide bonds. The van der Waals surface area contributed by atoms with Gasteiger partial charge in [0.05, 0.1) is 12.7 Å². The molecule has 0 aliphatic rings. The van der Waals surface area contributed by atoms with Gasteiger partial charge in [-0.05, 0) is 0 Å². The molecule has 0 aromatic carbocycles. The molecule has 0 fully saturated rings. The van der Waals surface area contributed by atoms with Crippen molar-refractivity contribution in [1.82, 2.24) is 9.97 Å². The summed E-state index contributed by atoms with van der Waals surface area (Å²) in [6.45, 7) is -0.951. The predicted molar refractivity (Wildman–Crippen MR) is 70.5 cm³/mol. The number of nitrogens with one attached hydrogen (secondary N) is 2. The van der Waals surface area contributed by atoms with E-state index >= 15 is 0 Å². The lowest BCUT2D eigenvalue weighted by Crippen LogP contribution is -2.46. The van der Waals surface area contributed by atoms with Crippen molar-refractivity contribution in [3.63, 3.8) is 0 Å². The summed E-state index contributed by atoms with van der Waals surface area (Å²) in [6, 6.07) is 0. The monoisotopic (exact) mass is 290 g/mol. The van der Waals surface area contributed by atoms with E-state index in [1.807, 2.05) is 4.98 Å². The zero-order valence-electron chi connectivity index (χ0n) is 10.8. The van der Waals surface area contributed by atoms with Gasteiger partial charge in [0, 0.05) is 13.6 Å². The average Bonchev–Trinajstić information content (AvgIpc) is 2.40. The minimum absolute atomic E-state index is 0.0245. The fourth-order valence-corrected chi connectivity index (χ4v) is 1.63. The lowest BCUT2D eigenvalue weighted by Gasteiger charge is -2.27. The maximum atomic E-state index is 11.3. The number of nitrogen functional groups attached to an aromatic ring is 1. The van der Waals surface area contributed by atoms with Crippen molar-refractivity contribution in [2.75, 3.05) is 30.8 Å². The van der Waals surface area contributed by atoms with Gasteiger partial charge < -0.3 is 31.1 Å². The van der Waals surface area contributed by atoms with Gasteiger partial charge in [0.1, 0.15) is 23.7 Å². The molecule has 0 aliphatic heterocycles. The Bertz CT molecular complexity index is 555. The minimum atomic E-state index is -1.59. The normalized spacial score (nSPS) is 15.7. The van der Waals surface area contributed by atoms with Gasteiger partial charge in [0.2, 0.25) is 0 Å². The van der Waals surface area contributed by atoms with E-state index in [-0.39, 0.29) is 18.1 Å². The van der Waals surface area contributed by atoms with Crippen LogP contribution in [-0.4, -0.2) is 68.9 Å². The van der Waals surface area contributed by atoms with Crippen molar-refractivity contribution < 1.29 is 20.4 Å². The molecule has 0 unspecified atom stereocenters. The molecular formula is C10H18N4O6. The maximum absolute atomic E-state index is 11.3. The highest BCUT2D eigenvalue weighted by atomic mass is 16.4. The van der Waals surface area contributed by atoms with Crippen LogP contribution < -0.4 is 21.9 Å². The molecule has 10 heteroatoms. The largest absolute Gasteiger partial charge is 0.394 e. The molecule has 0 radical (unpaired) electrons. The predicted octanol–water partition coefficient (Wildman–Crippen LogP) is -3.84. The summed E-state index contributed by atoms with van der Waals surface area (Å²) >= 11 is 0. The Kier molecular flexibility index (Phi) is 5.27. The molecule has 0 bridgehead atoms. The number of anilines is 2. The van der Waals surface area contributed by atoms with E-state index < -0.39 is 36.2 Å². The molecule has 3 atom stereocenters. The number of rotatable bonds is 6. The van der Waals surface area contributed by atoms with Gasteiger partial charge in [0.15, 0.2) is 0 Å². The fourth-order valence-electron chi connectivity index (χ4n) is 1.63. The molecule has 114 valence electrons. The topological polar surface area (TPSA) is 176 Å². The van der Waals surface area contributed by atoms with Crippen LogP contribution in [0.25, 0.3) is 0 Å². The third-order valence-corrected chi connectivity index (χ3v) is 2.78. The van der Waals surface area contributed by atoms with Crippen LogP contribution in [0.2, 0.25) is 0 Å². The van der Waals surface area contributed by atoms with Gasteiger partial charge in [-0.3, -0.25) is 14.8 Å². The van der Waals surface area contributed by atoms with Crippen LogP contribution in [0.5, 0.6) is 0 Å². The van der Waals surface area contributed by atoms with E-state index in [9.17, 15) is 24.9 Å². The van der Waals surface area contributed by atoms with E-state index in [0.29, 0.717) is 0 Å². The van der Waals surface area contributed by atoms with Gasteiger partial charge in [-0.25, -0.2) is 4.79 Å². The number of H-pyrrole nitrogens is 2. The highest BCUT2D eigenvalue weighted by Crippen LogP contribution is 2.13. The quantitative estimate of drug-likeness (QED) is 0.278. The minimum Gasteiger partial charge on any atom is -0.394 e. The summed E-state index contributed by atoms with van der Waals surface area (Å²) in [4.78, 5) is 28.0.